The number of aliphatic hydroxyl groups is 1. The second-order valence-corrected chi connectivity index (χ2v) is 7.10. The molecule has 0 saturated carbocycles. The Morgan fingerprint density at radius 2 is 1.96 bits per heavy atom. The SMILES string of the molecule is CCn1cc(C2CCN(C(=O)CC(C)(O)c3ccccc3)CC2)cn1. The molecule has 0 aliphatic carbocycles. The third kappa shape index (κ3) is 4.10. The van der Waals surface area contributed by atoms with Crippen molar-refractivity contribution in [3.05, 3.63) is 53.9 Å². The monoisotopic (exact) mass is 341 g/mol. The standard InChI is InChI=1S/C20H27N3O2/c1-3-23-15-17(14-21-23)16-9-11-22(12-10-16)19(24)13-20(2,25)18-7-5-4-6-8-18/h4-8,14-16,25H,3,9-13H2,1-2H3. The van der Waals surface area contributed by atoms with Crippen LogP contribution >= 0.6 is 0 Å². The quantitative estimate of drug-likeness (QED) is 0.910. The van der Waals surface area contributed by atoms with Gasteiger partial charge in [0.25, 0.3) is 0 Å². The van der Waals surface area contributed by atoms with Gasteiger partial charge in [0.1, 0.15) is 0 Å². The molecule has 0 spiro atoms. The Balaban J connectivity index is 1.56. The number of hydrogen-bond acceptors (Lipinski definition) is 3. The molecule has 2 aromatic rings. The van der Waals surface area contributed by atoms with Gasteiger partial charge in [0.15, 0.2) is 0 Å². The largest absolute Gasteiger partial charge is 0.385 e. The van der Waals surface area contributed by atoms with E-state index in [0.717, 1.165) is 38.0 Å². The number of carbonyl (C=O) groups is 1. The maximum absolute atomic E-state index is 12.6. The number of amides is 1. The lowest BCUT2D eigenvalue weighted by atomic mass is 9.89. The van der Waals surface area contributed by atoms with Crippen LogP contribution in [0.25, 0.3) is 0 Å². The molecule has 0 bridgehead atoms. The minimum atomic E-state index is -1.13. The fourth-order valence-corrected chi connectivity index (χ4v) is 3.53. The van der Waals surface area contributed by atoms with Crippen molar-refractivity contribution in [3.63, 3.8) is 0 Å². The minimum absolute atomic E-state index is 0.0246. The number of aryl methyl sites for hydroxylation is 1. The Morgan fingerprint density at radius 1 is 1.28 bits per heavy atom. The molecule has 0 radical (unpaired) electrons. The third-order valence-corrected chi connectivity index (χ3v) is 5.19. The van der Waals surface area contributed by atoms with Crippen LogP contribution in [-0.2, 0) is 16.9 Å². The molecule has 5 heteroatoms. The second-order valence-electron chi connectivity index (χ2n) is 7.10. The molecule has 1 aromatic heterocycles. The highest BCUT2D eigenvalue weighted by Crippen LogP contribution is 2.30. The summed E-state index contributed by atoms with van der Waals surface area (Å²) < 4.78 is 1.95. The van der Waals surface area contributed by atoms with Crippen molar-refractivity contribution in [1.29, 1.82) is 0 Å². The minimum Gasteiger partial charge on any atom is -0.385 e. The molecule has 1 saturated heterocycles. The first-order valence-electron chi connectivity index (χ1n) is 9.07. The van der Waals surface area contributed by atoms with E-state index in [4.69, 9.17) is 0 Å². The molecular formula is C20H27N3O2. The lowest BCUT2D eigenvalue weighted by Crippen LogP contribution is -2.41. The van der Waals surface area contributed by atoms with Crippen molar-refractivity contribution >= 4 is 5.91 Å². The third-order valence-electron chi connectivity index (χ3n) is 5.19. The normalized spacial score (nSPS) is 18.1. The van der Waals surface area contributed by atoms with Crippen molar-refractivity contribution in [2.75, 3.05) is 13.1 Å². The van der Waals surface area contributed by atoms with Crippen LogP contribution in [0.15, 0.2) is 42.7 Å². The number of likely N-dealkylation sites (tertiary alicyclic amines) is 1. The summed E-state index contributed by atoms with van der Waals surface area (Å²) in [6, 6.07) is 9.41. The second kappa shape index (κ2) is 7.40. The average Bonchev–Trinajstić information content (AvgIpc) is 3.11. The molecule has 5 nitrogen and oxygen atoms in total. The van der Waals surface area contributed by atoms with Crippen molar-refractivity contribution in [2.24, 2.45) is 0 Å². The highest BCUT2D eigenvalue weighted by atomic mass is 16.3. The molecule has 1 amide bonds. The number of aromatic nitrogens is 2. The predicted octanol–water partition coefficient (Wildman–Crippen LogP) is 2.91. The summed E-state index contributed by atoms with van der Waals surface area (Å²) in [7, 11) is 0. The number of nitrogens with zero attached hydrogens (tertiary/aromatic N) is 3. The predicted molar refractivity (Wildman–Crippen MR) is 97.1 cm³/mol. The van der Waals surface area contributed by atoms with Crippen LogP contribution in [0.1, 0.15) is 50.2 Å². The van der Waals surface area contributed by atoms with Gasteiger partial charge in [-0.3, -0.25) is 9.48 Å². The molecular weight excluding hydrogens is 314 g/mol. The molecule has 1 aliphatic rings. The van der Waals surface area contributed by atoms with Gasteiger partial charge in [-0.05, 0) is 43.7 Å². The van der Waals surface area contributed by atoms with Crippen molar-refractivity contribution in [2.45, 2.75) is 51.2 Å². The lowest BCUT2D eigenvalue weighted by molar-refractivity contribution is -0.137. The van der Waals surface area contributed by atoms with E-state index in [-0.39, 0.29) is 12.3 Å². The molecule has 1 atom stereocenters. The first-order valence-corrected chi connectivity index (χ1v) is 9.07. The van der Waals surface area contributed by atoms with Crippen molar-refractivity contribution in [1.82, 2.24) is 14.7 Å². The van der Waals surface area contributed by atoms with Crippen molar-refractivity contribution < 1.29 is 9.90 Å². The molecule has 134 valence electrons. The smallest absolute Gasteiger partial charge is 0.225 e. The van der Waals surface area contributed by atoms with E-state index in [2.05, 4.69) is 18.2 Å². The topological polar surface area (TPSA) is 58.4 Å². The van der Waals surface area contributed by atoms with Crippen LogP contribution in [0.3, 0.4) is 0 Å². The zero-order valence-electron chi connectivity index (χ0n) is 15.1. The van der Waals surface area contributed by atoms with Gasteiger partial charge in [-0.1, -0.05) is 30.3 Å². The van der Waals surface area contributed by atoms with E-state index in [0.29, 0.717) is 5.92 Å². The van der Waals surface area contributed by atoms with Gasteiger partial charge in [0.05, 0.1) is 18.2 Å². The Labute approximate surface area is 149 Å². The zero-order valence-corrected chi connectivity index (χ0v) is 15.1. The van der Waals surface area contributed by atoms with Crippen molar-refractivity contribution in [3.8, 4) is 0 Å². The summed E-state index contributed by atoms with van der Waals surface area (Å²) in [5.74, 6) is 0.496. The average molecular weight is 341 g/mol. The van der Waals surface area contributed by atoms with Crippen LogP contribution in [0.2, 0.25) is 0 Å². The van der Waals surface area contributed by atoms with E-state index in [1.807, 2.05) is 46.1 Å². The van der Waals surface area contributed by atoms with Gasteiger partial charge in [-0.15, -0.1) is 0 Å². The van der Waals surface area contributed by atoms with Gasteiger partial charge in [-0.2, -0.15) is 5.10 Å². The van der Waals surface area contributed by atoms with Crippen LogP contribution < -0.4 is 0 Å². The molecule has 1 fully saturated rings. The summed E-state index contributed by atoms with van der Waals surface area (Å²) >= 11 is 0. The van der Waals surface area contributed by atoms with Gasteiger partial charge < -0.3 is 10.0 Å². The molecule has 1 aromatic carbocycles. The summed E-state index contributed by atoms with van der Waals surface area (Å²) in [5, 5.41) is 15.0. The number of benzene rings is 1. The lowest BCUT2D eigenvalue weighted by Gasteiger charge is -2.34. The van der Waals surface area contributed by atoms with Gasteiger partial charge in [-0.25, -0.2) is 0 Å². The molecule has 25 heavy (non-hydrogen) atoms. The molecule has 1 N–H and O–H groups in total. The summed E-state index contributed by atoms with van der Waals surface area (Å²) in [6.45, 7) is 6.16. The first-order chi connectivity index (χ1) is 12.0. The molecule has 1 aliphatic heterocycles. The van der Waals surface area contributed by atoms with E-state index in [1.54, 1.807) is 6.92 Å². The first kappa shape index (κ1) is 17.7. The van der Waals surface area contributed by atoms with E-state index < -0.39 is 5.60 Å². The number of carbonyl (C=O) groups excluding carboxylic acids is 1. The maximum Gasteiger partial charge on any atom is 0.225 e. The van der Waals surface area contributed by atoms with Crippen LogP contribution in [0, 0.1) is 0 Å². The van der Waals surface area contributed by atoms with Crippen LogP contribution in [0.4, 0.5) is 0 Å². The summed E-state index contributed by atoms with van der Waals surface area (Å²) in [6.07, 6.45) is 6.09. The van der Waals surface area contributed by atoms with Crippen LogP contribution in [-0.4, -0.2) is 38.8 Å². The maximum atomic E-state index is 12.6. The number of piperidine rings is 1. The molecule has 1 unspecified atom stereocenters. The highest BCUT2D eigenvalue weighted by molar-refractivity contribution is 5.77. The van der Waals surface area contributed by atoms with Gasteiger partial charge in [0, 0.05) is 25.8 Å². The Kier molecular flexibility index (Phi) is 5.23. The Hall–Kier alpha value is -2.14. The Bertz CT molecular complexity index is 701. The number of rotatable bonds is 5. The van der Waals surface area contributed by atoms with E-state index in [9.17, 15) is 9.90 Å². The van der Waals surface area contributed by atoms with Gasteiger partial charge >= 0.3 is 0 Å². The fourth-order valence-electron chi connectivity index (χ4n) is 3.53. The van der Waals surface area contributed by atoms with E-state index >= 15 is 0 Å². The Morgan fingerprint density at radius 3 is 2.56 bits per heavy atom. The molecule has 2 heterocycles. The fraction of sp³-hybridized carbons (Fsp3) is 0.500. The van der Waals surface area contributed by atoms with Crippen LogP contribution in [0.5, 0.6) is 0 Å². The zero-order chi connectivity index (χ0) is 17.9. The summed E-state index contributed by atoms with van der Waals surface area (Å²) in [5.41, 5.74) is 0.924. The summed E-state index contributed by atoms with van der Waals surface area (Å²) in [4.78, 5) is 14.5. The molecule has 3 rings (SSSR count). The van der Waals surface area contributed by atoms with Gasteiger partial charge in [0.2, 0.25) is 5.91 Å². The highest BCUT2D eigenvalue weighted by Gasteiger charge is 2.31. The number of hydrogen-bond donors (Lipinski definition) is 1. The van der Waals surface area contributed by atoms with E-state index in [1.165, 1.54) is 5.56 Å².